The predicted molar refractivity (Wildman–Crippen MR) is 85.0 cm³/mol. The maximum atomic E-state index is 12.9. The summed E-state index contributed by atoms with van der Waals surface area (Å²) >= 11 is 4.83. The number of hydrogen-bond donors (Lipinski definition) is 0. The van der Waals surface area contributed by atoms with E-state index in [0.29, 0.717) is 11.2 Å². The standard InChI is InChI=1S/C13H10ClF2N5O3S/c1-25(2,23)20-11(22)8-6-21-4-3-7(5-9(21)17-8)10-18-12(24-19-10)13(14,15)16/h3-6H,1-2H3. The number of rotatable bonds is 3. The number of amides is 1. The maximum Gasteiger partial charge on any atom is 0.400 e. The van der Waals surface area contributed by atoms with E-state index in [4.69, 9.17) is 11.6 Å². The van der Waals surface area contributed by atoms with Gasteiger partial charge < -0.3 is 8.92 Å². The highest BCUT2D eigenvalue weighted by atomic mass is 35.5. The van der Waals surface area contributed by atoms with Gasteiger partial charge in [0.1, 0.15) is 11.3 Å². The molecule has 3 aromatic heterocycles. The minimum atomic E-state index is -3.77. The summed E-state index contributed by atoms with van der Waals surface area (Å²) in [6, 6.07) is 2.98. The Morgan fingerprint density at radius 2 is 2.12 bits per heavy atom. The molecular formula is C13H10ClF2N5O3S. The summed E-state index contributed by atoms with van der Waals surface area (Å²) in [6.07, 6.45) is 5.60. The number of hydrogen-bond acceptors (Lipinski definition) is 6. The molecule has 3 rings (SSSR count). The zero-order chi connectivity index (χ0) is 18.4. The van der Waals surface area contributed by atoms with E-state index in [1.807, 2.05) is 0 Å². The van der Waals surface area contributed by atoms with Gasteiger partial charge in [-0.05, 0) is 23.7 Å². The lowest BCUT2D eigenvalue weighted by molar-refractivity contribution is 0.0551. The SMILES string of the molecule is CS(C)(=O)=NC(=O)c1cn2ccc(-c3noc(C(F)(F)Cl)n3)cc2n1. The van der Waals surface area contributed by atoms with Gasteiger partial charge >= 0.3 is 17.2 Å². The van der Waals surface area contributed by atoms with Gasteiger partial charge in [0.15, 0.2) is 0 Å². The number of carbonyl (C=O) groups excluding carboxylic acids is 1. The van der Waals surface area contributed by atoms with E-state index in [0.717, 1.165) is 0 Å². The molecule has 0 fully saturated rings. The van der Waals surface area contributed by atoms with Crippen molar-refractivity contribution in [2.45, 2.75) is 5.38 Å². The highest BCUT2D eigenvalue weighted by Crippen LogP contribution is 2.32. The van der Waals surface area contributed by atoms with Gasteiger partial charge in [0, 0.05) is 40.2 Å². The van der Waals surface area contributed by atoms with Crippen LogP contribution in [0.15, 0.2) is 33.4 Å². The van der Waals surface area contributed by atoms with Gasteiger partial charge in [-0.3, -0.25) is 4.79 Å². The van der Waals surface area contributed by atoms with Crippen LogP contribution in [-0.4, -0.2) is 42.2 Å². The molecule has 0 radical (unpaired) electrons. The normalized spacial score (nSPS) is 12.5. The number of imidazole rings is 1. The fourth-order valence-electron chi connectivity index (χ4n) is 1.93. The molecule has 0 aliphatic heterocycles. The molecule has 132 valence electrons. The molecular weight excluding hydrogens is 380 g/mol. The lowest BCUT2D eigenvalue weighted by Gasteiger charge is -1.98. The van der Waals surface area contributed by atoms with Crippen molar-refractivity contribution in [3.8, 4) is 11.4 Å². The van der Waals surface area contributed by atoms with Crippen molar-refractivity contribution in [1.82, 2.24) is 19.5 Å². The third-order valence-corrected chi connectivity index (χ3v) is 3.68. The molecule has 0 aliphatic carbocycles. The molecule has 0 aliphatic rings. The van der Waals surface area contributed by atoms with Crippen molar-refractivity contribution in [2.24, 2.45) is 4.36 Å². The van der Waals surface area contributed by atoms with E-state index in [9.17, 15) is 17.8 Å². The highest BCUT2D eigenvalue weighted by molar-refractivity contribution is 7.92. The zero-order valence-corrected chi connectivity index (χ0v) is 14.4. The predicted octanol–water partition coefficient (Wildman–Crippen LogP) is 2.54. The van der Waals surface area contributed by atoms with E-state index in [-0.39, 0.29) is 11.5 Å². The second-order valence-corrected chi connectivity index (χ2v) is 8.33. The summed E-state index contributed by atoms with van der Waals surface area (Å²) in [7, 11) is -2.61. The Labute approximate surface area is 145 Å². The van der Waals surface area contributed by atoms with Crippen molar-refractivity contribution >= 4 is 32.9 Å². The molecule has 1 amide bonds. The fourth-order valence-corrected chi connectivity index (χ4v) is 2.50. The Morgan fingerprint density at radius 3 is 2.72 bits per heavy atom. The maximum absolute atomic E-state index is 12.9. The molecule has 3 heterocycles. The highest BCUT2D eigenvalue weighted by Gasteiger charge is 2.35. The van der Waals surface area contributed by atoms with Crippen LogP contribution >= 0.6 is 11.6 Å². The Bertz CT molecular complexity index is 1090. The van der Waals surface area contributed by atoms with E-state index < -0.39 is 26.9 Å². The van der Waals surface area contributed by atoms with Crippen molar-refractivity contribution in [2.75, 3.05) is 12.5 Å². The van der Waals surface area contributed by atoms with Crippen LogP contribution in [0.2, 0.25) is 0 Å². The van der Waals surface area contributed by atoms with Crippen LogP contribution in [0.25, 0.3) is 17.0 Å². The van der Waals surface area contributed by atoms with Crippen LogP contribution in [0.4, 0.5) is 8.78 Å². The van der Waals surface area contributed by atoms with Crippen LogP contribution in [0.5, 0.6) is 0 Å². The number of pyridine rings is 1. The summed E-state index contributed by atoms with van der Waals surface area (Å²) in [5.74, 6) is -1.85. The molecule has 0 N–H and O–H groups in total. The summed E-state index contributed by atoms with van der Waals surface area (Å²) in [5, 5.41) is -0.328. The lowest BCUT2D eigenvalue weighted by atomic mass is 10.2. The van der Waals surface area contributed by atoms with E-state index in [2.05, 4.69) is 24.0 Å². The Morgan fingerprint density at radius 1 is 1.40 bits per heavy atom. The molecule has 0 bridgehead atoms. The molecule has 0 unspecified atom stereocenters. The summed E-state index contributed by atoms with van der Waals surface area (Å²) in [6.45, 7) is 0. The van der Waals surface area contributed by atoms with Crippen molar-refractivity contribution in [3.05, 3.63) is 36.1 Å². The minimum absolute atomic E-state index is 0.00494. The summed E-state index contributed by atoms with van der Waals surface area (Å²) in [5.41, 5.74) is 0.646. The van der Waals surface area contributed by atoms with Crippen molar-refractivity contribution < 1.29 is 22.3 Å². The lowest BCUT2D eigenvalue weighted by Crippen LogP contribution is -2.03. The molecule has 8 nitrogen and oxygen atoms in total. The third kappa shape index (κ3) is 3.82. The second kappa shape index (κ2) is 5.85. The van der Waals surface area contributed by atoms with Crippen LogP contribution in [-0.2, 0) is 15.1 Å². The average Bonchev–Trinajstić information content (AvgIpc) is 3.11. The van der Waals surface area contributed by atoms with Gasteiger partial charge in [0.25, 0.3) is 0 Å². The largest absolute Gasteiger partial charge is 0.400 e. The molecule has 0 saturated carbocycles. The first-order valence-electron chi connectivity index (χ1n) is 6.64. The molecule has 25 heavy (non-hydrogen) atoms. The molecule has 0 aromatic carbocycles. The molecule has 0 atom stereocenters. The first-order valence-corrected chi connectivity index (χ1v) is 9.35. The first-order chi connectivity index (χ1) is 11.5. The van der Waals surface area contributed by atoms with Gasteiger partial charge in [-0.15, -0.1) is 0 Å². The third-order valence-electron chi connectivity index (χ3n) is 2.91. The van der Waals surface area contributed by atoms with Gasteiger partial charge in [0.05, 0.1) is 0 Å². The zero-order valence-electron chi connectivity index (χ0n) is 12.8. The average molecular weight is 390 g/mol. The minimum Gasteiger partial charge on any atom is -0.331 e. The number of alkyl halides is 3. The van der Waals surface area contributed by atoms with Crippen LogP contribution < -0.4 is 0 Å². The van der Waals surface area contributed by atoms with Gasteiger partial charge in [-0.2, -0.15) is 18.1 Å². The number of fused-ring (bicyclic) bond motifs is 1. The van der Waals surface area contributed by atoms with E-state index in [1.165, 1.54) is 41.4 Å². The van der Waals surface area contributed by atoms with Crippen molar-refractivity contribution in [1.29, 1.82) is 0 Å². The van der Waals surface area contributed by atoms with Crippen molar-refractivity contribution in [3.63, 3.8) is 0 Å². The number of nitrogens with zero attached hydrogens (tertiary/aromatic N) is 5. The Hall–Kier alpha value is -2.40. The molecule has 0 spiro atoms. The number of aromatic nitrogens is 4. The number of carbonyl (C=O) groups is 1. The van der Waals surface area contributed by atoms with Gasteiger partial charge in [0.2, 0.25) is 5.82 Å². The smallest absolute Gasteiger partial charge is 0.331 e. The Kier molecular flexibility index (Phi) is 4.07. The molecule has 12 heteroatoms. The monoisotopic (exact) mass is 389 g/mol. The van der Waals surface area contributed by atoms with Crippen LogP contribution in [0.1, 0.15) is 16.4 Å². The topological polar surface area (TPSA) is 103 Å². The second-order valence-electron chi connectivity index (χ2n) is 5.31. The summed E-state index contributed by atoms with van der Waals surface area (Å²) in [4.78, 5) is 19.5. The number of halogens is 3. The molecule has 3 aromatic rings. The fraction of sp³-hybridized carbons (Fsp3) is 0.231. The van der Waals surface area contributed by atoms with Gasteiger partial charge in [-0.25, -0.2) is 9.19 Å². The summed E-state index contributed by atoms with van der Waals surface area (Å²) < 4.78 is 47.0. The van der Waals surface area contributed by atoms with Crippen LogP contribution in [0.3, 0.4) is 0 Å². The quantitative estimate of drug-likeness (QED) is 0.638. The van der Waals surface area contributed by atoms with Crippen LogP contribution in [0, 0.1) is 0 Å². The Balaban J connectivity index is 2.00. The van der Waals surface area contributed by atoms with E-state index >= 15 is 0 Å². The van der Waals surface area contributed by atoms with E-state index in [1.54, 1.807) is 0 Å². The first kappa shape index (κ1) is 17.4. The van der Waals surface area contributed by atoms with Gasteiger partial charge in [-0.1, -0.05) is 5.16 Å². The molecule has 0 saturated heterocycles.